The lowest BCUT2D eigenvalue weighted by atomic mass is 10.1. The Hall–Kier alpha value is -4.82. The van der Waals surface area contributed by atoms with Gasteiger partial charge in [-0.15, -0.1) is 0 Å². The number of rotatable bonds is 11. The number of halogens is 15. The van der Waals surface area contributed by atoms with Gasteiger partial charge in [-0.2, -0.15) is 84.5 Å². The monoisotopic (exact) mass is 868 g/mol. The van der Waals surface area contributed by atoms with Crippen LogP contribution in [0.4, 0.5) is 77.5 Å². The van der Waals surface area contributed by atoms with Crippen LogP contribution in [0.1, 0.15) is 50.9 Å². The first-order valence-corrected chi connectivity index (χ1v) is 16.9. The van der Waals surface area contributed by atoms with E-state index in [4.69, 9.17) is 5.73 Å². The minimum Gasteiger partial charge on any atom is -0.382 e. The van der Waals surface area contributed by atoms with Crippen molar-refractivity contribution in [3.8, 4) is 0 Å². The second-order valence-electron chi connectivity index (χ2n) is 11.6. The Bertz CT molecular complexity index is 1960. The van der Waals surface area contributed by atoms with Crippen molar-refractivity contribution in [3.05, 3.63) is 84.7 Å². The second kappa shape index (κ2) is 17.8. The summed E-state index contributed by atoms with van der Waals surface area (Å²) >= 11 is 0. The third-order valence-corrected chi connectivity index (χ3v) is 8.85. The second-order valence-corrected chi connectivity index (χ2v) is 13.2. The van der Waals surface area contributed by atoms with Crippen LogP contribution in [0.3, 0.4) is 0 Å². The van der Waals surface area contributed by atoms with E-state index in [1.807, 2.05) is 42.1 Å². The highest BCUT2D eigenvalue weighted by Crippen LogP contribution is 2.55. The SMILES string of the molecule is CC(OS(=O)(=O)C(F)(F)C(F)(F)C(F)(F)C(F)(F)F)C(F)(F)F.CC(c1ccncc1)n1ccc(N)n1.CC(c1ccncc1)n1ccc(NC(C)C(F)(F)F)n1. The van der Waals surface area contributed by atoms with Gasteiger partial charge in [0.05, 0.1) is 12.1 Å². The zero-order valence-corrected chi connectivity index (χ0v) is 30.1. The van der Waals surface area contributed by atoms with Gasteiger partial charge in [0.1, 0.15) is 17.7 Å². The molecule has 320 valence electrons. The highest BCUT2D eigenvalue weighted by Gasteiger charge is 2.86. The minimum atomic E-state index is -7.65. The van der Waals surface area contributed by atoms with E-state index in [0.29, 0.717) is 5.82 Å². The fraction of sp³-hybridized carbons (Fsp3) is 0.467. The number of hydrogen-bond acceptors (Lipinski definition) is 9. The molecular weight excluding hydrogens is 837 g/mol. The predicted molar refractivity (Wildman–Crippen MR) is 171 cm³/mol. The van der Waals surface area contributed by atoms with E-state index in [-0.39, 0.29) is 24.8 Å². The van der Waals surface area contributed by atoms with E-state index < -0.39 is 57.9 Å². The number of pyridine rings is 2. The average Bonchev–Trinajstić information content (AvgIpc) is 3.76. The molecule has 0 aliphatic rings. The molecule has 0 aliphatic carbocycles. The van der Waals surface area contributed by atoms with E-state index in [2.05, 4.69) is 36.6 Å². The molecule has 4 rings (SSSR count). The summed E-state index contributed by atoms with van der Waals surface area (Å²) in [7, 11) is -7.53. The lowest BCUT2D eigenvalue weighted by molar-refractivity contribution is -0.383. The molecule has 0 spiro atoms. The van der Waals surface area contributed by atoms with Gasteiger partial charge < -0.3 is 11.1 Å². The number of hydrogen-bond donors (Lipinski definition) is 2. The highest BCUT2D eigenvalue weighted by atomic mass is 32.2. The van der Waals surface area contributed by atoms with Gasteiger partial charge in [-0.3, -0.25) is 23.5 Å². The van der Waals surface area contributed by atoms with Crippen molar-refractivity contribution in [3.63, 3.8) is 0 Å². The largest absolute Gasteiger partial charge is 0.460 e. The van der Waals surface area contributed by atoms with Crippen molar-refractivity contribution >= 4 is 21.8 Å². The highest BCUT2D eigenvalue weighted by molar-refractivity contribution is 7.87. The maximum absolute atomic E-state index is 12.9. The zero-order valence-electron chi connectivity index (χ0n) is 29.3. The van der Waals surface area contributed by atoms with Crippen molar-refractivity contribution in [1.29, 1.82) is 0 Å². The molecular formula is C30H31F15N8O3S. The third kappa shape index (κ3) is 11.9. The fourth-order valence-corrected chi connectivity index (χ4v) is 4.97. The number of aromatic nitrogens is 6. The molecule has 4 aromatic heterocycles. The molecule has 0 saturated carbocycles. The quantitative estimate of drug-likeness (QED) is 0.112. The number of nitrogens with one attached hydrogen (secondary N) is 1. The Morgan fingerprint density at radius 2 is 1.05 bits per heavy atom. The van der Waals surface area contributed by atoms with Crippen molar-refractivity contribution in [2.45, 2.75) is 87.6 Å². The Kier molecular flexibility index (Phi) is 15.1. The minimum absolute atomic E-state index is 0.0743. The van der Waals surface area contributed by atoms with E-state index >= 15 is 0 Å². The molecule has 4 unspecified atom stereocenters. The van der Waals surface area contributed by atoms with Crippen LogP contribution in [0.5, 0.6) is 0 Å². The van der Waals surface area contributed by atoms with E-state index in [9.17, 15) is 74.3 Å². The van der Waals surface area contributed by atoms with Gasteiger partial charge in [0, 0.05) is 43.2 Å². The predicted octanol–water partition coefficient (Wildman–Crippen LogP) is 8.43. The zero-order chi connectivity index (χ0) is 44.0. The molecule has 0 aliphatic heterocycles. The maximum atomic E-state index is 12.9. The van der Waals surface area contributed by atoms with Gasteiger partial charge in [-0.1, -0.05) is 0 Å². The number of nitrogens with zero attached hydrogens (tertiary/aromatic N) is 6. The molecule has 0 bridgehead atoms. The Labute approximate surface area is 313 Å². The first kappa shape index (κ1) is 48.3. The van der Waals surface area contributed by atoms with Crippen LogP contribution in [-0.2, 0) is 14.3 Å². The summed E-state index contributed by atoms with van der Waals surface area (Å²) in [6.45, 7) is 4.76. The summed E-state index contributed by atoms with van der Waals surface area (Å²) in [5.74, 6) is -14.5. The molecule has 4 aromatic rings. The molecule has 57 heavy (non-hydrogen) atoms. The smallest absolute Gasteiger partial charge is 0.382 e. The molecule has 0 amide bonds. The van der Waals surface area contributed by atoms with Crippen LogP contribution in [0.15, 0.2) is 73.6 Å². The van der Waals surface area contributed by atoms with Crippen LogP contribution >= 0.6 is 0 Å². The molecule has 0 aromatic carbocycles. The van der Waals surface area contributed by atoms with E-state index in [0.717, 1.165) is 12.5 Å². The average molecular weight is 869 g/mol. The summed E-state index contributed by atoms with van der Waals surface area (Å²) in [4.78, 5) is 7.90. The number of alkyl halides is 15. The number of nitrogen functional groups attached to an aromatic ring is 1. The molecule has 3 N–H and O–H groups in total. The molecule has 27 heteroatoms. The summed E-state index contributed by atoms with van der Waals surface area (Å²) in [5.41, 5.74) is 7.70. The number of anilines is 2. The Morgan fingerprint density at radius 1 is 0.632 bits per heavy atom. The van der Waals surface area contributed by atoms with Crippen LogP contribution < -0.4 is 11.1 Å². The summed E-state index contributed by atoms with van der Waals surface area (Å²) in [6.07, 6.45) is -10.6. The van der Waals surface area contributed by atoms with Gasteiger partial charge in [0.2, 0.25) is 0 Å². The normalized spacial score (nSPS) is 15.3. The van der Waals surface area contributed by atoms with Crippen LogP contribution in [-0.4, -0.2) is 85.7 Å². The summed E-state index contributed by atoms with van der Waals surface area (Å²) in [5, 5.41) is 3.30. The van der Waals surface area contributed by atoms with E-state index in [1.54, 1.807) is 41.7 Å². The van der Waals surface area contributed by atoms with Gasteiger partial charge in [-0.05, 0) is 69.2 Å². The lowest BCUT2D eigenvalue weighted by Crippen LogP contribution is -2.63. The van der Waals surface area contributed by atoms with Crippen molar-refractivity contribution in [2.75, 3.05) is 11.1 Å². The molecule has 4 heterocycles. The van der Waals surface area contributed by atoms with Crippen molar-refractivity contribution < 1.29 is 78.5 Å². The van der Waals surface area contributed by atoms with Gasteiger partial charge in [0.15, 0.2) is 6.10 Å². The Balaban J connectivity index is 0.000000302. The fourth-order valence-electron chi connectivity index (χ4n) is 3.91. The van der Waals surface area contributed by atoms with Crippen molar-refractivity contribution in [1.82, 2.24) is 29.5 Å². The van der Waals surface area contributed by atoms with Gasteiger partial charge in [0.25, 0.3) is 0 Å². The first-order valence-electron chi connectivity index (χ1n) is 15.5. The maximum Gasteiger partial charge on any atom is 0.460 e. The van der Waals surface area contributed by atoms with Crippen LogP contribution in [0.25, 0.3) is 0 Å². The van der Waals surface area contributed by atoms with E-state index in [1.165, 1.54) is 11.6 Å². The molecule has 0 radical (unpaired) electrons. The molecule has 0 saturated heterocycles. The standard InChI is InChI=1S/C13H15F3N4.C10H12N4.C7H4F12O3S/c1-9(11-3-6-17-7-4-11)20-8-5-12(19-20)18-10(2)13(14,15)16;1-8(9-2-5-12-6-3-9)14-7-4-10(11)13-14;1-2(3(8,9)10)22-23(20,21)7(18,19)5(13,14)4(11,12)6(15,16)17/h3-10H,1-2H3,(H,18,19);2-8H,1H3,(H2,11,13);2H,1H3. The topological polar surface area (TPSA) is 143 Å². The molecule has 11 nitrogen and oxygen atoms in total. The summed E-state index contributed by atoms with van der Waals surface area (Å²) in [6, 6.07) is 9.44. The Morgan fingerprint density at radius 3 is 1.42 bits per heavy atom. The summed E-state index contributed by atoms with van der Waals surface area (Å²) < 4.78 is 212. The lowest BCUT2D eigenvalue weighted by Gasteiger charge is -2.33. The van der Waals surface area contributed by atoms with Gasteiger partial charge in [-0.25, -0.2) is 0 Å². The van der Waals surface area contributed by atoms with Crippen molar-refractivity contribution in [2.24, 2.45) is 0 Å². The molecule has 4 atom stereocenters. The van der Waals surface area contributed by atoms with Gasteiger partial charge >= 0.3 is 45.7 Å². The van der Waals surface area contributed by atoms with Crippen LogP contribution in [0.2, 0.25) is 0 Å². The number of nitrogens with two attached hydrogens (primary N) is 1. The molecule has 0 fully saturated rings. The first-order chi connectivity index (χ1) is 25.8. The third-order valence-electron chi connectivity index (χ3n) is 7.43. The van der Waals surface area contributed by atoms with Crippen LogP contribution in [0, 0.1) is 0 Å².